The Kier molecular flexibility index (Phi) is 12.2. The summed E-state index contributed by atoms with van der Waals surface area (Å²) < 4.78 is 0. The van der Waals surface area contributed by atoms with E-state index in [1.54, 1.807) is 0 Å². The molecule has 7 aromatic rings. The molecule has 5 heterocycles. The van der Waals surface area contributed by atoms with Gasteiger partial charge in [-0.05, 0) is 172 Å². The number of aromatic nitrogens is 4. The Morgan fingerprint density at radius 1 is 0.316 bits per heavy atom. The third-order valence-corrected chi connectivity index (χ3v) is 13.1. The summed E-state index contributed by atoms with van der Waals surface area (Å²) in [5.41, 5.74) is 14.6. The zero-order valence-corrected chi connectivity index (χ0v) is 42.9. The number of fused-ring (bicyclic) bond motifs is 8. The monoisotopic (exact) mass is 932 g/mol. The van der Waals surface area contributed by atoms with E-state index in [1.165, 1.54) is 0 Å². The molecular formula is C44H36N4P8Zn. The SMILES string of the molecule is Pc1cc(P)cc(-c2c3nc(c(-c4cc(P)cc(P)c4)c4ccc([n-]4)c(-c4ccc(P)c(P)c4)c4nc(c(-c5cc(P)cc(P)c5)c5ccc2[n-]5)C=C4)C=C3)c1.[Zn+2]. The number of hydrogen-bond donors (Lipinski definition) is 0. The molecule has 0 spiro atoms. The molecule has 4 nitrogen and oxygen atoms in total. The minimum Gasteiger partial charge on any atom is -0.657 e. The standard InChI is InChI=1S/C44H36N4P8.Zn/c49-25-11-22(12-26(50)18-25)42-33-4-2-31(45-33)41(21-1-10-39(55)40(56)17-21)32-3-5-34(46-32)43(23-13-27(51)19-28(52)14-23)36-7-9-38(48-36)44(37-8-6-35(42)47-37)24-15-29(53)20-30(54)16-24;/h1-20H,49-56H2;/q-2;+2. The Labute approximate surface area is 364 Å². The molecule has 274 valence electrons. The summed E-state index contributed by atoms with van der Waals surface area (Å²) in [6.45, 7) is 0. The van der Waals surface area contributed by atoms with Gasteiger partial charge in [-0.25, -0.2) is 9.97 Å². The molecule has 0 aliphatic carbocycles. The van der Waals surface area contributed by atoms with Crippen molar-refractivity contribution in [2.75, 3.05) is 0 Å². The van der Waals surface area contributed by atoms with Crippen LogP contribution in [0, 0.1) is 0 Å². The number of hydrogen-bond acceptors (Lipinski definition) is 2. The number of nitrogens with zero attached hydrogens (tertiary/aromatic N) is 4. The predicted molar refractivity (Wildman–Crippen MR) is 273 cm³/mol. The molecule has 13 heteroatoms. The minimum atomic E-state index is 0. The third kappa shape index (κ3) is 8.35. The van der Waals surface area contributed by atoms with E-state index in [4.69, 9.17) is 19.9 Å². The van der Waals surface area contributed by atoms with E-state index in [2.05, 4.69) is 195 Å². The Morgan fingerprint density at radius 2 is 0.614 bits per heavy atom. The van der Waals surface area contributed by atoms with Gasteiger partial charge in [-0.1, -0.05) is 36.4 Å². The largest absolute Gasteiger partial charge is 2.00 e. The summed E-state index contributed by atoms with van der Waals surface area (Å²) in [5, 5.41) is 8.69. The van der Waals surface area contributed by atoms with Gasteiger partial charge in [0, 0.05) is 0 Å². The molecule has 0 saturated carbocycles. The number of benzene rings is 4. The molecule has 0 N–H and O–H groups in total. The summed E-state index contributed by atoms with van der Waals surface area (Å²) in [6.07, 6.45) is 8.45. The first-order chi connectivity index (χ1) is 27.0. The van der Waals surface area contributed by atoms with Gasteiger partial charge in [0.1, 0.15) is 0 Å². The van der Waals surface area contributed by atoms with Crippen LogP contribution in [0.1, 0.15) is 22.8 Å². The smallest absolute Gasteiger partial charge is 0.657 e. The van der Waals surface area contributed by atoms with Crippen molar-refractivity contribution in [3.8, 4) is 44.5 Å². The van der Waals surface area contributed by atoms with E-state index in [0.717, 1.165) is 132 Å². The van der Waals surface area contributed by atoms with Gasteiger partial charge < -0.3 is 9.97 Å². The summed E-state index contributed by atoms with van der Waals surface area (Å²) in [4.78, 5) is 21.7. The van der Waals surface area contributed by atoms with Gasteiger partial charge in [-0.2, -0.15) is 0 Å². The molecule has 0 fully saturated rings. The average molecular weight is 934 g/mol. The quantitative estimate of drug-likeness (QED) is 0.148. The van der Waals surface area contributed by atoms with E-state index < -0.39 is 0 Å². The maximum absolute atomic E-state index is 5.43. The van der Waals surface area contributed by atoms with Gasteiger partial charge in [-0.15, -0.1) is 96.0 Å². The van der Waals surface area contributed by atoms with E-state index in [1.807, 2.05) is 0 Å². The van der Waals surface area contributed by atoms with Crippen molar-refractivity contribution in [1.29, 1.82) is 0 Å². The van der Waals surface area contributed by atoms with Crippen LogP contribution in [-0.2, 0) is 19.5 Å². The van der Waals surface area contributed by atoms with Crippen LogP contribution in [-0.4, -0.2) is 9.97 Å². The summed E-state index contributed by atoms with van der Waals surface area (Å²) in [5.74, 6) is 0. The van der Waals surface area contributed by atoms with Crippen LogP contribution in [0.15, 0.2) is 97.1 Å². The molecule has 0 radical (unpaired) electrons. The zero-order chi connectivity index (χ0) is 38.8. The normalized spacial score (nSPS) is 11.9. The van der Waals surface area contributed by atoms with Crippen molar-refractivity contribution in [3.05, 3.63) is 120 Å². The maximum atomic E-state index is 5.43. The molecule has 3 aromatic heterocycles. The average Bonchev–Trinajstić information content (AvgIpc) is 3.96. The first-order valence-corrected chi connectivity index (χ1v) is 22.3. The summed E-state index contributed by atoms with van der Waals surface area (Å²) >= 11 is 0. The van der Waals surface area contributed by atoms with Crippen LogP contribution >= 0.6 is 73.9 Å². The second kappa shape index (κ2) is 16.9. The second-order valence-electron chi connectivity index (χ2n) is 13.9. The van der Waals surface area contributed by atoms with Gasteiger partial charge in [-0.3, -0.25) is 0 Å². The summed E-state index contributed by atoms with van der Waals surface area (Å²) in [7, 11) is 22.8. The number of rotatable bonds is 4. The second-order valence-corrected chi connectivity index (χ2v) is 19.1. The van der Waals surface area contributed by atoms with Crippen LogP contribution in [0.5, 0.6) is 0 Å². The van der Waals surface area contributed by atoms with Gasteiger partial charge >= 0.3 is 19.5 Å². The molecule has 8 atom stereocenters. The zero-order valence-electron chi connectivity index (χ0n) is 30.7. The molecule has 9 rings (SSSR count). The van der Waals surface area contributed by atoms with Crippen LogP contribution in [0.25, 0.3) is 90.9 Å². The molecule has 8 bridgehead atoms. The molecule has 2 aliphatic heterocycles. The first-order valence-electron chi connectivity index (χ1n) is 17.7. The predicted octanol–water partition coefficient (Wildman–Crippen LogP) is 6.58. The molecule has 0 amide bonds. The molecule has 0 saturated heterocycles. The molecule has 4 aromatic carbocycles. The third-order valence-electron chi connectivity index (χ3n) is 9.78. The fraction of sp³-hybridized carbons (Fsp3) is 0. The van der Waals surface area contributed by atoms with Gasteiger partial charge in [0.15, 0.2) is 0 Å². The van der Waals surface area contributed by atoms with Crippen molar-refractivity contribution < 1.29 is 19.5 Å². The Hall–Kier alpha value is -2.46. The van der Waals surface area contributed by atoms with Gasteiger partial charge in [0.05, 0.1) is 22.8 Å². The Balaban J connectivity index is 0.00000455. The molecule has 2 aliphatic rings. The fourth-order valence-electron chi connectivity index (χ4n) is 7.46. The van der Waals surface area contributed by atoms with E-state index in [-0.39, 0.29) is 19.5 Å². The van der Waals surface area contributed by atoms with E-state index >= 15 is 0 Å². The van der Waals surface area contributed by atoms with Crippen molar-refractivity contribution >= 4 is 163 Å². The Morgan fingerprint density at radius 3 is 0.912 bits per heavy atom. The van der Waals surface area contributed by atoms with Crippen molar-refractivity contribution in [3.63, 3.8) is 0 Å². The molecular weight excluding hydrogens is 898 g/mol. The molecule has 8 unspecified atom stereocenters. The van der Waals surface area contributed by atoms with Gasteiger partial charge in [0.25, 0.3) is 0 Å². The van der Waals surface area contributed by atoms with Gasteiger partial charge in [0.2, 0.25) is 0 Å². The van der Waals surface area contributed by atoms with Crippen LogP contribution in [0.4, 0.5) is 0 Å². The minimum absolute atomic E-state index is 0. The van der Waals surface area contributed by atoms with E-state index in [9.17, 15) is 0 Å². The van der Waals surface area contributed by atoms with Crippen molar-refractivity contribution in [2.45, 2.75) is 0 Å². The molecule has 57 heavy (non-hydrogen) atoms. The first kappa shape index (κ1) is 41.3. The van der Waals surface area contributed by atoms with Crippen LogP contribution < -0.4 is 52.4 Å². The summed E-state index contributed by atoms with van der Waals surface area (Å²) in [6, 6.07) is 34.4. The fourth-order valence-corrected chi connectivity index (χ4v) is 10.7. The van der Waals surface area contributed by atoms with E-state index in [0.29, 0.717) is 0 Å². The van der Waals surface area contributed by atoms with Crippen molar-refractivity contribution in [1.82, 2.24) is 19.9 Å². The van der Waals surface area contributed by atoms with Crippen LogP contribution in [0.3, 0.4) is 0 Å². The van der Waals surface area contributed by atoms with Crippen LogP contribution in [0.2, 0.25) is 0 Å². The van der Waals surface area contributed by atoms with Crippen molar-refractivity contribution in [2.24, 2.45) is 0 Å². The topological polar surface area (TPSA) is 54.0 Å². The Bertz CT molecular complexity index is 2930. The maximum Gasteiger partial charge on any atom is 2.00 e.